The maximum absolute atomic E-state index is 13.0. The number of ether oxygens (including phenoxy) is 2. The Labute approximate surface area is 366 Å². The lowest BCUT2D eigenvalue weighted by molar-refractivity contribution is -0.928. The average Bonchev–Trinajstić information content (AvgIpc) is 3.22. The first-order chi connectivity index (χ1) is 28.9. The van der Waals surface area contributed by atoms with Crippen LogP contribution in [0.2, 0.25) is 0 Å². The van der Waals surface area contributed by atoms with Gasteiger partial charge in [-0.05, 0) is 32.1 Å². The standard InChI is InChI=1S/C49H96N2O7P/c1-6-11-13-15-17-19-21-23-25-27-29-31-33-36-48(52)54-45-47(58-49(53)37-34-32-30-28-26-24-22-20-18-16-14-12-7-2)46-57-59(55-43-35-38-50)56-44-42-51(39-8-3,40-9-4)41-10-5/h47H,6-37,39-46H2,1-5H3/q+1. The second-order valence-corrected chi connectivity index (χ2v) is 18.3. The Hall–Kier alpha value is -1.30. The summed E-state index contributed by atoms with van der Waals surface area (Å²) in [5, 5.41) is 9.13. The zero-order valence-electron chi connectivity index (χ0n) is 39.6. The molecule has 0 bridgehead atoms. The molecule has 0 aromatic heterocycles. The van der Waals surface area contributed by atoms with E-state index in [9.17, 15) is 9.59 Å². The van der Waals surface area contributed by atoms with Gasteiger partial charge in [-0.3, -0.25) is 9.59 Å². The Kier molecular flexibility index (Phi) is 43.8. The van der Waals surface area contributed by atoms with Crippen molar-refractivity contribution in [1.29, 1.82) is 5.26 Å². The van der Waals surface area contributed by atoms with Gasteiger partial charge in [0, 0.05) is 12.8 Å². The van der Waals surface area contributed by atoms with E-state index in [2.05, 4.69) is 40.7 Å². The van der Waals surface area contributed by atoms with Crippen LogP contribution in [0.15, 0.2) is 0 Å². The van der Waals surface area contributed by atoms with Crippen molar-refractivity contribution in [2.24, 2.45) is 0 Å². The third kappa shape index (κ3) is 38.1. The number of rotatable bonds is 47. The van der Waals surface area contributed by atoms with Crippen LogP contribution in [0.1, 0.15) is 240 Å². The molecule has 0 aromatic carbocycles. The Bertz CT molecular complexity index is 948. The zero-order valence-corrected chi connectivity index (χ0v) is 40.5. The van der Waals surface area contributed by atoms with E-state index < -0.39 is 14.7 Å². The first-order valence-corrected chi connectivity index (χ1v) is 26.3. The van der Waals surface area contributed by atoms with Gasteiger partial charge in [-0.15, -0.1) is 0 Å². The van der Waals surface area contributed by atoms with Crippen LogP contribution in [0.5, 0.6) is 0 Å². The zero-order chi connectivity index (χ0) is 43.3. The van der Waals surface area contributed by atoms with Crippen LogP contribution in [0.3, 0.4) is 0 Å². The van der Waals surface area contributed by atoms with E-state index >= 15 is 0 Å². The molecule has 0 saturated carbocycles. The van der Waals surface area contributed by atoms with Crippen LogP contribution < -0.4 is 0 Å². The first-order valence-electron chi connectivity index (χ1n) is 25.2. The molecule has 2 atom stereocenters. The molecule has 9 nitrogen and oxygen atoms in total. The van der Waals surface area contributed by atoms with Crippen molar-refractivity contribution in [3.63, 3.8) is 0 Å². The summed E-state index contributed by atoms with van der Waals surface area (Å²) in [4.78, 5) is 25.8. The van der Waals surface area contributed by atoms with Gasteiger partial charge in [-0.2, -0.15) is 5.26 Å². The number of esters is 2. The maximum Gasteiger partial charge on any atom is 0.333 e. The molecule has 10 heteroatoms. The van der Waals surface area contributed by atoms with Crippen LogP contribution in [0.4, 0.5) is 0 Å². The summed E-state index contributed by atoms with van der Waals surface area (Å²) >= 11 is 0. The van der Waals surface area contributed by atoms with Gasteiger partial charge in [0.1, 0.15) is 19.8 Å². The molecule has 0 spiro atoms. The van der Waals surface area contributed by atoms with Gasteiger partial charge in [-0.25, -0.2) is 0 Å². The molecule has 0 saturated heterocycles. The molecule has 0 aliphatic rings. The van der Waals surface area contributed by atoms with Crippen molar-refractivity contribution in [3.8, 4) is 6.07 Å². The van der Waals surface area contributed by atoms with Crippen LogP contribution >= 0.6 is 8.60 Å². The minimum atomic E-state index is -1.78. The fourth-order valence-corrected chi connectivity index (χ4v) is 9.00. The highest BCUT2D eigenvalue weighted by Gasteiger charge is 2.27. The lowest BCUT2D eigenvalue weighted by Gasteiger charge is -2.38. The van der Waals surface area contributed by atoms with Crippen LogP contribution in [-0.2, 0) is 32.6 Å². The summed E-state index contributed by atoms with van der Waals surface area (Å²) in [6.45, 7) is 16.0. The van der Waals surface area contributed by atoms with Gasteiger partial charge in [0.05, 0.1) is 45.3 Å². The van der Waals surface area contributed by atoms with E-state index in [-0.39, 0.29) is 38.2 Å². The van der Waals surface area contributed by atoms with Crippen molar-refractivity contribution in [3.05, 3.63) is 0 Å². The Balaban J connectivity index is 4.95. The van der Waals surface area contributed by atoms with Crippen LogP contribution in [0, 0.1) is 11.3 Å². The van der Waals surface area contributed by atoms with Crippen LogP contribution in [0.25, 0.3) is 0 Å². The predicted molar refractivity (Wildman–Crippen MR) is 247 cm³/mol. The smallest absolute Gasteiger partial charge is 0.333 e. The largest absolute Gasteiger partial charge is 0.462 e. The SMILES string of the molecule is CCCCCCCCCCCCCCCC(=O)OCC(COP(OCCC#N)OCC[N+](CCC)(CCC)CCC)OC(=O)CCCCCCCCCCCCCCC. The average molecular weight is 856 g/mol. The topological polar surface area (TPSA) is 104 Å². The highest BCUT2D eigenvalue weighted by molar-refractivity contribution is 7.41. The van der Waals surface area contributed by atoms with Gasteiger partial charge in [0.15, 0.2) is 6.10 Å². The number of carbonyl (C=O) groups is 2. The van der Waals surface area contributed by atoms with E-state index in [1.807, 2.05) is 0 Å². The van der Waals surface area contributed by atoms with Crippen molar-refractivity contribution >= 4 is 20.5 Å². The number of hydrogen-bond donors (Lipinski definition) is 0. The summed E-state index contributed by atoms with van der Waals surface area (Å²) in [6, 6.07) is 2.12. The first kappa shape index (κ1) is 57.7. The molecule has 0 aromatic rings. The van der Waals surface area contributed by atoms with Gasteiger partial charge in [0.2, 0.25) is 0 Å². The number of nitrogens with zero attached hydrogens (tertiary/aromatic N) is 2. The maximum atomic E-state index is 13.0. The van der Waals surface area contributed by atoms with Crippen molar-refractivity contribution in [1.82, 2.24) is 0 Å². The number of unbranched alkanes of at least 4 members (excludes halogenated alkanes) is 24. The molecular formula is C49H96N2O7P+. The summed E-state index contributed by atoms with van der Waals surface area (Å²) in [5.41, 5.74) is 0. The minimum Gasteiger partial charge on any atom is -0.462 e. The van der Waals surface area contributed by atoms with Gasteiger partial charge in [-0.1, -0.05) is 189 Å². The number of carbonyl (C=O) groups excluding carboxylic acids is 2. The molecule has 0 heterocycles. The Morgan fingerprint density at radius 2 is 0.864 bits per heavy atom. The normalized spacial score (nSPS) is 12.7. The van der Waals surface area contributed by atoms with Gasteiger partial charge >= 0.3 is 20.5 Å². The minimum absolute atomic E-state index is 0.00645. The van der Waals surface area contributed by atoms with Crippen LogP contribution in [-0.4, -0.2) is 75.1 Å². The fraction of sp³-hybridized carbons (Fsp3) is 0.939. The Morgan fingerprint density at radius 3 is 1.27 bits per heavy atom. The lowest BCUT2D eigenvalue weighted by atomic mass is 10.0. The molecule has 348 valence electrons. The molecule has 0 radical (unpaired) electrons. The van der Waals surface area contributed by atoms with Crippen molar-refractivity contribution in [2.45, 2.75) is 246 Å². The molecule has 2 unspecified atom stereocenters. The molecule has 0 rings (SSSR count). The van der Waals surface area contributed by atoms with Gasteiger partial charge in [0.25, 0.3) is 0 Å². The van der Waals surface area contributed by atoms with E-state index in [1.165, 1.54) is 128 Å². The second-order valence-electron chi connectivity index (χ2n) is 17.1. The van der Waals surface area contributed by atoms with E-state index in [4.69, 9.17) is 28.3 Å². The molecule has 59 heavy (non-hydrogen) atoms. The fourth-order valence-electron chi connectivity index (χ4n) is 8.02. The van der Waals surface area contributed by atoms with E-state index in [1.54, 1.807) is 0 Å². The highest BCUT2D eigenvalue weighted by atomic mass is 31.2. The summed E-state index contributed by atoms with van der Waals surface area (Å²) in [7, 11) is -1.78. The number of quaternary nitrogens is 1. The quantitative estimate of drug-likeness (QED) is 0.0258. The third-order valence-electron chi connectivity index (χ3n) is 11.3. The summed E-state index contributed by atoms with van der Waals surface area (Å²) in [5.74, 6) is -0.572. The third-order valence-corrected chi connectivity index (χ3v) is 12.5. The molecule has 0 N–H and O–H groups in total. The summed E-state index contributed by atoms with van der Waals surface area (Å²) < 4.78 is 30.7. The van der Waals surface area contributed by atoms with E-state index in [0.717, 1.165) is 88.4 Å². The van der Waals surface area contributed by atoms with Gasteiger partial charge < -0.3 is 27.5 Å². The molecule has 0 aliphatic carbocycles. The number of hydrogen-bond acceptors (Lipinski definition) is 8. The van der Waals surface area contributed by atoms with Crippen molar-refractivity contribution < 1.29 is 37.1 Å². The Morgan fingerprint density at radius 1 is 0.475 bits per heavy atom. The second kappa shape index (κ2) is 44.7. The molecule has 0 aliphatic heterocycles. The highest BCUT2D eigenvalue weighted by Crippen LogP contribution is 2.40. The lowest BCUT2D eigenvalue weighted by Crippen LogP contribution is -2.51. The molecule has 0 fully saturated rings. The summed E-state index contributed by atoms with van der Waals surface area (Å²) in [6.07, 6.45) is 35.9. The number of nitriles is 1. The molecule has 0 amide bonds. The predicted octanol–water partition coefficient (Wildman–Crippen LogP) is 14.6. The van der Waals surface area contributed by atoms with E-state index in [0.29, 0.717) is 19.4 Å². The molecular weight excluding hydrogens is 760 g/mol. The van der Waals surface area contributed by atoms with Crippen molar-refractivity contribution in [2.75, 3.05) is 52.6 Å². The monoisotopic (exact) mass is 856 g/mol.